The molecule has 1 unspecified atom stereocenters. The van der Waals surface area contributed by atoms with E-state index in [1.807, 2.05) is 14.0 Å². The van der Waals surface area contributed by atoms with Crippen molar-refractivity contribution in [3.8, 4) is 11.5 Å². The summed E-state index contributed by atoms with van der Waals surface area (Å²) in [5.74, 6) is 1.14. The van der Waals surface area contributed by atoms with Crippen molar-refractivity contribution in [3.63, 3.8) is 0 Å². The second-order valence-corrected chi connectivity index (χ2v) is 5.24. The Kier molecular flexibility index (Phi) is 4.66. The summed E-state index contributed by atoms with van der Waals surface area (Å²) in [6, 6.07) is 3.68. The highest BCUT2D eigenvalue weighted by Gasteiger charge is 2.19. The monoisotopic (exact) mass is 328 g/mol. The summed E-state index contributed by atoms with van der Waals surface area (Å²) in [6.07, 6.45) is 0. The van der Waals surface area contributed by atoms with E-state index in [2.05, 4.69) is 26.6 Å². The van der Waals surface area contributed by atoms with Gasteiger partial charge in [0.05, 0.1) is 4.47 Å². The molecule has 5 nitrogen and oxygen atoms in total. The molecule has 0 bridgehead atoms. The largest absolute Gasteiger partial charge is 0.486 e. The zero-order valence-electron chi connectivity index (χ0n) is 11.0. The summed E-state index contributed by atoms with van der Waals surface area (Å²) < 4.78 is 11.7. The van der Waals surface area contributed by atoms with E-state index < -0.39 is 0 Å². The van der Waals surface area contributed by atoms with Gasteiger partial charge in [-0.1, -0.05) is 0 Å². The van der Waals surface area contributed by atoms with Gasteiger partial charge < -0.3 is 20.1 Å². The number of nitrogens with one attached hydrogen (secondary N) is 2. The molecule has 2 rings (SSSR count). The predicted molar refractivity (Wildman–Crippen MR) is 76.0 cm³/mol. The fourth-order valence-electron chi connectivity index (χ4n) is 1.69. The van der Waals surface area contributed by atoms with Crippen LogP contribution in [-0.4, -0.2) is 38.8 Å². The van der Waals surface area contributed by atoms with Gasteiger partial charge in [-0.2, -0.15) is 0 Å². The van der Waals surface area contributed by atoms with E-state index >= 15 is 0 Å². The molecule has 1 amide bonds. The number of carbonyl (C=O) groups excluding carboxylic acids is 1. The highest BCUT2D eigenvalue weighted by molar-refractivity contribution is 9.10. The van der Waals surface area contributed by atoms with Gasteiger partial charge in [0.2, 0.25) is 0 Å². The summed E-state index contributed by atoms with van der Waals surface area (Å²) in [7, 11) is 1.86. The topological polar surface area (TPSA) is 59.6 Å². The Morgan fingerprint density at radius 3 is 2.89 bits per heavy atom. The molecule has 1 aromatic rings. The van der Waals surface area contributed by atoms with Crippen LogP contribution < -0.4 is 20.1 Å². The van der Waals surface area contributed by atoms with Gasteiger partial charge in [0.15, 0.2) is 11.5 Å². The summed E-state index contributed by atoms with van der Waals surface area (Å²) in [5.41, 5.74) is 0.555. The van der Waals surface area contributed by atoms with Gasteiger partial charge in [0, 0.05) is 18.2 Å². The molecule has 2 N–H and O–H groups in total. The van der Waals surface area contributed by atoms with Crippen molar-refractivity contribution in [1.82, 2.24) is 10.6 Å². The molecule has 0 aromatic heterocycles. The van der Waals surface area contributed by atoms with Crippen molar-refractivity contribution >= 4 is 21.8 Å². The van der Waals surface area contributed by atoms with Gasteiger partial charge in [-0.25, -0.2) is 0 Å². The maximum atomic E-state index is 12.0. The van der Waals surface area contributed by atoms with Crippen LogP contribution in [0.5, 0.6) is 11.5 Å². The molecule has 0 fully saturated rings. The quantitative estimate of drug-likeness (QED) is 0.880. The number of ether oxygens (including phenoxy) is 2. The fourth-order valence-corrected chi connectivity index (χ4v) is 2.25. The van der Waals surface area contributed by atoms with Crippen LogP contribution in [0.3, 0.4) is 0 Å². The summed E-state index contributed by atoms with van der Waals surface area (Å²) in [6.45, 7) is 3.60. The molecule has 1 aliphatic heterocycles. The summed E-state index contributed by atoms with van der Waals surface area (Å²) >= 11 is 3.40. The maximum absolute atomic E-state index is 12.0. The number of likely N-dealkylation sites (N-methyl/N-ethyl adjacent to an activating group) is 1. The van der Waals surface area contributed by atoms with Crippen LogP contribution in [-0.2, 0) is 0 Å². The van der Waals surface area contributed by atoms with Crippen LogP contribution in [0.15, 0.2) is 16.6 Å². The van der Waals surface area contributed by atoms with Crippen LogP contribution in [0, 0.1) is 0 Å². The van der Waals surface area contributed by atoms with Gasteiger partial charge in [0.1, 0.15) is 13.2 Å². The smallest absolute Gasteiger partial charge is 0.251 e. The lowest BCUT2D eigenvalue weighted by atomic mass is 10.1. The van der Waals surface area contributed by atoms with Crippen LogP contribution in [0.4, 0.5) is 0 Å². The minimum absolute atomic E-state index is 0.125. The molecule has 0 spiro atoms. The van der Waals surface area contributed by atoms with Crippen LogP contribution >= 0.6 is 15.9 Å². The van der Waals surface area contributed by atoms with Gasteiger partial charge in [-0.15, -0.1) is 0 Å². The van der Waals surface area contributed by atoms with E-state index in [0.29, 0.717) is 36.8 Å². The summed E-state index contributed by atoms with van der Waals surface area (Å²) in [4.78, 5) is 12.0. The number of fused-ring (bicyclic) bond motifs is 1. The average Bonchev–Trinajstić information content (AvgIpc) is 2.44. The SMILES string of the molecule is CNC(C)CNC(=O)c1cc(Br)c2c(c1)OCCO2. The highest BCUT2D eigenvalue weighted by atomic mass is 79.9. The molecular weight excluding hydrogens is 312 g/mol. The molecule has 0 saturated carbocycles. The second kappa shape index (κ2) is 6.25. The van der Waals surface area contributed by atoms with Crippen molar-refractivity contribution in [3.05, 3.63) is 22.2 Å². The van der Waals surface area contributed by atoms with E-state index in [1.165, 1.54) is 0 Å². The van der Waals surface area contributed by atoms with Crippen LogP contribution in [0.1, 0.15) is 17.3 Å². The lowest BCUT2D eigenvalue weighted by Gasteiger charge is -2.20. The number of hydrogen-bond acceptors (Lipinski definition) is 4. The van der Waals surface area contributed by atoms with E-state index in [1.54, 1.807) is 12.1 Å². The average molecular weight is 329 g/mol. The van der Waals surface area contributed by atoms with Gasteiger partial charge in [-0.3, -0.25) is 4.79 Å². The van der Waals surface area contributed by atoms with Crippen molar-refractivity contribution in [2.75, 3.05) is 26.8 Å². The Morgan fingerprint density at radius 2 is 2.16 bits per heavy atom. The number of hydrogen-bond donors (Lipinski definition) is 2. The standard InChI is InChI=1S/C13H17BrN2O3/c1-8(15-2)7-16-13(17)9-5-10(14)12-11(6-9)18-3-4-19-12/h5-6,8,15H,3-4,7H2,1-2H3,(H,16,17). The third kappa shape index (κ3) is 3.39. The first-order valence-corrected chi connectivity index (χ1v) is 6.95. The zero-order chi connectivity index (χ0) is 13.8. The first kappa shape index (κ1) is 14.1. The Bertz CT molecular complexity index is 479. The normalized spacial score (nSPS) is 14.9. The molecule has 1 atom stereocenters. The molecular formula is C13H17BrN2O3. The fraction of sp³-hybridized carbons (Fsp3) is 0.462. The van der Waals surface area contributed by atoms with Crippen molar-refractivity contribution in [1.29, 1.82) is 0 Å². The lowest BCUT2D eigenvalue weighted by Crippen LogP contribution is -2.37. The first-order valence-electron chi connectivity index (χ1n) is 6.16. The van der Waals surface area contributed by atoms with Gasteiger partial charge in [0.25, 0.3) is 5.91 Å². The maximum Gasteiger partial charge on any atom is 0.251 e. The Hall–Kier alpha value is -1.27. The number of benzene rings is 1. The molecule has 0 radical (unpaired) electrons. The molecule has 6 heteroatoms. The van der Waals surface area contributed by atoms with E-state index in [9.17, 15) is 4.79 Å². The van der Waals surface area contributed by atoms with Crippen molar-refractivity contribution < 1.29 is 14.3 Å². The van der Waals surface area contributed by atoms with Crippen molar-refractivity contribution in [2.24, 2.45) is 0 Å². The lowest BCUT2D eigenvalue weighted by molar-refractivity contribution is 0.0949. The highest BCUT2D eigenvalue weighted by Crippen LogP contribution is 2.38. The van der Waals surface area contributed by atoms with E-state index in [4.69, 9.17) is 9.47 Å². The molecule has 0 aliphatic carbocycles. The molecule has 1 heterocycles. The minimum Gasteiger partial charge on any atom is -0.486 e. The van der Waals surface area contributed by atoms with Crippen LogP contribution in [0.2, 0.25) is 0 Å². The van der Waals surface area contributed by atoms with E-state index in [0.717, 1.165) is 4.47 Å². The minimum atomic E-state index is -0.125. The predicted octanol–water partition coefficient (Wildman–Crippen LogP) is 1.56. The zero-order valence-corrected chi connectivity index (χ0v) is 12.5. The number of rotatable bonds is 4. The first-order chi connectivity index (χ1) is 9.11. The third-order valence-electron chi connectivity index (χ3n) is 2.92. The number of halogens is 1. The molecule has 104 valence electrons. The van der Waals surface area contributed by atoms with E-state index in [-0.39, 0.29) is 11.9 Å². The Labute approximate surface area is 120 Å². The third-order valence-corrected chi connectivity index (χ3v) is 3.51. The molecule has 1 aliphatic rings. The molecule has 19 heavy (non-hydrogen) atoms. The molecule has 1 aromatic carbocycles. The summed E-state index contributed by atoms with van der Waals surface area (Å²) in [5, 5.41) is 5.93. The van der Waals surface area contributed by atoms with Crippen LogP contribution in [0.25, 0.3) is 0 Å². The number of carbonyl (C=O) groups is 1. The van der Waals surface area contributed by atoms with Gasteiger partial charge >= 0.3 is 0 Å². The molecule has 0 saturated heterocycles. The van der Waals surface area contributed by atoms with Crippen molar-refractivity contribution in [2.45, 2.75) is 13.0 Å². The Balaban J connectivity index is 2.12. The number of amides is 1. The van der Waals surface area contributed by atoms with Gasteiger partial charge in [-0.05, 0) is 42.0 Å². The Morgan fingerprint density at radius 1 is 1.42 bits per heavy atom. The second-order valence-electron chi connectivity index (χ2n) is 4.38.